The summed E-state index contributed by atoms with van der Waals surface area (Å²) in [7, 11) is -1.23. The van der Waals surface area contributed by atoms with Gasteiger partial charge in [-0.25, -0.2) is 9.97 Å². The second kappa shape index (κ2) is 12.9. The fraction of sp³-hybridized carbons (Fsp3) is 0.448. The van der Waals surface area contributed by atoms with Gasteiger partial charge in [0.1, 0.15) is 12.5 Å². The van der Waals surface area contributed by atoms with Crippen LogP contribution in [0.2, 0.25) is 25.7 Å². The van der Waals surface area contributed by atoms with E-state index in [1.54, 1.807) is 18.0 Å². The molecule has 208 valence electrons. The minimum atomic E-state index is -1.23. The molecular weight excluding hydrogens is 527 g/mol. The van der Waals surface area contributed by atoms with Crippen LogP contribution in [0.15, 0.2) is 47.8 Å². The molecular formula is C29H39N5O3SSi. The molecule has 2 aromatic heterocycles. The summed E-state index contributed by atoms with van der Waals surface area (Å²) in [5, 5.41) is 6.73. The van der Waals surface area contributed by atoms with E-state index in [1.807, 2.05) is 42.7 Å². The Bertz CT molecular complexity index is 1310. The zero-order valence-corrected chi connectivity index (χ0v) is 25.4. The van der Waals surface area contributed by atoms with Crippen molar-refractivity contribution >= 4 is 43.2 Å². The van der Waals surface area contributed by atoms with E-state index < -0.39 is 8.07 Å². The molecule has 2 N–H and O–H groups in total. The van der Waals surface area contributed by atoms with Crippen molar-refractivity contribution in [1.29, 1.82) is 0 Å². The van der Waals surface area contributed by atoms with Crippen molar-refractivity contribution in [3.63, 3.8) is 0 Å². The largest absolute Gasteiger partial charge is 0.361 e. The maximum absolute atomic E-state index is 12.8. The molecule has 2 heterocycles. The molecule has 0 bridgehead atoms. The highest BCUT2D eigenvalue weighted by atomic mass is 32.2. The van der Waals surface area contributed by atoms with E-state index in [-0.39, 0.29) is 17.7 Å². The quantitative estimate of drug-likeness (QED) is 0.152. The molecule has 1 aliphatic carbocycles. The molecule has 4 rings (SSSR count). The number of carbonyl (C=O) groups excluding carboxylic acids is 2. The van der Waals surface area contributed by atoms with E-state index in [2.05, 4.69) is 39.8 Å². The summed E-state index contributed by atoms with van der Waals surface area (Å²) in [6, 6.07) is 12.7. The number of anilines is 2. The van der Waals surface area contributed by atoms with Crippen LogP contribution in [0, 0.1) is 5.92 Å². The van der Waals surface area contributed by atoms with Gasteiger partial charge < -0.3 is 15.4 Å². The van der Waals surface area contributed by atoms with Gasteiger partial charge in [0.15, 0.2) is 5.16 Å². The van der Waals surface area contributed by atoms with Crippen LogP contribution in [0.4, 0.5) is 11.5 Å². The minimum absolute atomic E-state index is 0.0869. The van der Waals surface area contributed by atoms with Gasteiger partial charge in [0.05, 0.1) is 11.4 Å². The molecule has 2 amide bonds. The Labute approximate surface area is 236 Å². The molecule has 8 nitrogen and oxygen atoms in total. The van der Waals surface area contributed by atoms with E-state index in [9.17, 15) is 9.59 Å². The fourth-order valence-corrected chi connectivity index (χ4v) is 6.04. The van der Waals surface area contributed by atoms with E-state index in [0.717, 1.165) is 65.1 Å². The zero-order chi connectivity index (χ0) is 28.0. The van der Waals surface area contributed by atoms with Gasteiger partial charge in [-0.1, -0.05) is 56.4 Å². The lowest BCUT2D eigenvalue weighted by Gasteiger charge is -2.17. The van der Waals surface area contributed by atoms with Crippen LogP contribution in [0.3, 0.4) is 0 Å². The highest BCUT2D eigenvalue weighted by molar-refractivity contribution is 7.98. The molecule has 1 saturated carbocycles. The molecule has 10 heteroatoms. The molecule has 0 unspecified atom stereocenters. The summed E-state index contributed by atoms with van der Waals surface area (Å²) in [5.74, 6) is 0.467. The smallest absolute Gasteiger partial charge is 0.227 e. The molecule has 0 aliphatic heterocycles. The Hall–Kier alpha value is -2.95. The fourth-order valence-electron chi connectivity index (χ4n) is 4.74. The summed E-state index contributed by atoms with van der Waals surface area (Å²) in [5.41, 5.74) is 4.18. The van der Waals surface area contributed by atoms with Crippen molar-refractivity contribution in [3.05, 3.63) is 42.6 Å². The third-order valence-corrected chi connectivity index (χ3v) is 9.18. The van der Waals surface area contributed by atoms with Crippen molar-refractivity contribution in [1.82, 2.24) is 14.5 Å². The Kier molecular flexibility index (Phi) is 9.63. The maximum atomic E-state index is 12.8. The lowest BCUT2D eigenvalue weighted by atomic mass is 10.0. The number of nitrogens with zero attached hydrogens (tertiary/aromatic N) is 3. The normalized spacial score (nSPS) is 14.0. The van der Waals surface area contributed by atoms with Gasteiger partial charge in [-0.15, -0.1) is 0 Å². The highest BCUT2D eigenvalue weighted by Crippen LogP contribution is 2.37. The van der Waals surface area contributed by atoms with E-state index in [1.165, 1.54) is 6.92 Å². The van der Waals surface area contributed by atoms with Crippen LogP contribution >= 0.6 is 11.8 Å². The molecule has 0 radical (unpaired) electrons. The summed E-state index contributed by atoms with van der Waals surface area (Å²) in [6.45, 7) is 9.52. The van der Waals surface area contributed by atoms with Gasteiger partial charge in [-0.05, 0) is 49.4 Å². The van der Waals surface area contributed by atoms with Gasteiger partial charge in [0.2, 0.25) is 11.8 Å². The Morgan fingerprint density at radius 1 is 1.10 bits per heavy atom. The standard InChI is InChI=1S/C29H39N5O3SSi/c1-20(35)31-25-18-23(13-14-30-25)27-26(33-29(38-2)34(27)19-37-15-16-39(3,4)5)22-11-8-12-24(17-22)32-28(36)21-9-6-7-10-21/h8,11-14,17-18,21H,6-7,9-10,15-16,19H2,1-5H3,(H,32,36)(H,30,31,35). The molecule has 39 heavy (non-hydrogen) atoms. The first-order valence-electron chi connectivity index (χ1n) is 13.5. The molecule has 1 aromatic carbocycles. The number of pyridine rings is 1. The van der Waals surface area contributed by atoms with Crippen LogP contribution in [-0.4, -0.2) is 47.3 Å². The van der Waals surface area contributed by atoms with Crippen LogP contribution in [0.5, 0.6) is 0 Å². The predicted molar refractivity (Wildman–Crippen MR) is 162 cm³/mol. The predicted octanol–water partition coefficient (Wildman–Crippen LogP) is 6.73. The van der Waals surface area contributed by atoms with E-state index in [0.29, 0.717) is 19.2 Å². The molecule has 1 fully saturated rings. The van der Waals surface area contributed by atoms with E-state index in [4.69, 9.17) is 9.72 Å². The van der Waals surface area contributed by atoms with Crippen LogP contribution < -0.4 is 10.6 Å². The zero-order valence-electron chi connectivity index (χ0n) is 23.5. The van der Waals surface area contributed by atoms with Crippen molar-refractivity contribution in [2.24, 2.45) is 5.92 Å². The Morgan fingerprint density at radius 3 is 2.56 bits per heavy atom. The van der Waals surface area contributed by atoms with Gasteiger partial charge in [-0.2, -0.15) is 0 Å². The molecule has 0 spiro atoms. The third-order valence-electron chi connectivity index (χ3n) is 6.80. The SMILES string of the molecule is CSc1nc(-c2cccc(NC(=O)C3CCCC3)c2)c(-c2ccnc(NC(C)=O)c2)n1COCC[Si](C)(C)C. The van der Waals surface area contributed by atoms with Crippen molar-refractivity contribution in [2.75, 3.05) is 23.5 Å². The van der Waals surface area contributed by atoms with Gasteiger partial charge in [0.25, 0.3) is 0 Å². The van der Waals surface area contributed by atoms with Crippen molar-refractivity contribution in [2.45, 2.75) is 70.2 Å². The van der Waals surface area contributed by atoms with E-state index >= 15 is 0 Å². The summed E-state index contributed by atoms with van der Waals surface area (Å²) >= 11 is 1.56. The second-order valence-corrected chi connectivity index (χ2v) is 17.6. The highest BCUT2D eigenvalue weighted by Gasteiger charge is 2.24. The monoisotopic (exact) mass is 565 g/mol. The number of imidazole rings is 1. The third kappa shape index (κ3) is 7.80. The second-order valence-electron chi connectivity index (χ2n) is 11.2. The lowest BCUT2D eigenvalue weighted by Crippen LogP contribution is -2.22. The van der Waals surface area contributed by atoms with Crippen molar-refractivity contribution < 1.29 is 14.3 Å². The van der Waals surface area contributed by atoms with Gasteiger partial charge in [-0.3, -0.25) is 14.2 Å². The topological polar surface area (TPSA) is 98.1 Å². The number of carbonyl (C=O) groups is 2. The minimum Gasteiger partial charge on any atom is -0.361 e. The number of aromatic nitrogens is 3. The van der Waals surface area contributed by atoms with Crippen LogP contribution in [0.1, 0.15) is 32.6 Å². The van der Waals surface area contributed by atoms with Crippen molar-refractivity contribution in [3.8, 4) is 22.5 Å². The number of benzene rings is 1. The summed E-state index contributed by atoms with van der Waals surface area (Å²) in [4.78, 5) is 33.9. The molecule has 0 saturated heterocycles. The maximum Gasteiger partial charge on any atom is 0.227 e. The molecule has 1 aliphatic rings. The van der Waals surface area contributed by atoms with Gasteiger partial charge >= 0.3 is 0 Å². The molecule has 3 aromatic rings. The average Bonchev–Trinajstić information content (AvgIpc) is 3.54. The van der Waals surface area contributed by atoms with Crippen LogP contribution in [0.25, 0.3) is 22.5 Å². The number of hydrogen-bond donors (Lipinski definition) is 2. The first kappa shape index (κ1) is 29.0. The number of nitrogens with one attached hydrogen (secondary N) is 2. The number of rotatable bonds is 11. The average molecular weight is 566 g/mol. The Balaban J connectivity index is 1.73. The summed E-state index contributed by atoms with van der Waals surface area (Å²) < 4.78 is 8.26. The number of amides is 2. The first-order chi connectivity index (χ1) is 18.6. The van der Waals surface area contributed by atoms with Gasteiger partial charge in [0, 0.05) is 50.5 Å². The number of hydrogen-bond acceptors (Lipinski definition) is 6. The number of thioether (sulfide) groups is 1. The first-order valence-corrected chi connectivity index (χ1v) is 18.5. The Morgan fingerprint density at radius 2 is 1.87 bits per heavy atom. The molecule has 0 atom stereocenters. The lowest BCUT2D eigenvalue weighted by molar-refractivity contribution is -0.119. The summed E-state index contributed by atoms with van der Waals surface area (Å²) in [6.07, 6.45) is 7.82. The van der Waals surface area contributed by atoms with Crippen LogP contribution in [-0.2, 0) is 21.1 Å². The number of ether oxygens (including phenoxy) is 1.